The van der Waals surface area contributed by atoms with Crippen LogP contribution in [0.15, 0.2) is 30.3 Å². The van der Waals surface area contributed by atoms with E-state index >= 15 is 0 Å². The number of carbonyl (C=O) groups excluding carboxylic acids is 1. The Hall–Kier alpha value is -0.860. The summed E-state index contributed by atoms with van der Waals surface area (Å²) in [5.74, 6) is 0.371. The van der Waals surface area contributed by atoms with Gasteiger partial charge in [-0.25, -0.2) is 0 Å². The van der Waals surface area contributed by atoms with Crippen molar-refractivity contribution in [2.45, 2.75) is 13.0 Å². The Labute approximate surface area is 90.3 Å². The molecule has 1 aromatic carbocycles. The molecular formula is C11H14ClNO. The van der Waals surface area contributed by atoms with Gasteiger partial charge < -0.3 is 0 Å². The van der Waals surface area contributed by atoms with Crippen molar-refractivity contribution in [3.63, 3.8) is 0 Å². The van der Waals surface area contributed by atoms with Crippen molar-refractivity contribution in [3.05, 3.63) is 35.9 Å². The van der Waals surface area contributed by atoms with Gasteiger partial charge in [0.15, 0.2) is 0 Å². The predicted octanol–water partition coefficient (Wildman–Crippen LogP) is 1.88. The highest BCUT2D eigenvalue weighted by molar-refractivity contribution is 5.85. The first-order valence-electron chi connectivity index (χ1n) is 4.62. The molecule has 0 spiro atoms. The molecule has 0 saturated carbocycles. The Balaban J connectivity index is 0.000000980. The lowest BCUT2D eigenvalue weighted by Crippen LogP contribution is -2.19. The quantitative estimate of drug-likeness (QED) is 0.745. The van der Waals surface area contributed by atoms with Crippen LogP contribution in [0.3, 0.4) is 0 Å². The average molecular weight is 212 g/mol. The van der Waals surface area contributed by atoms with Gasteiger partial charge >= 0.3 is 0 Å². The zero-order valence-corrected chi connectivity index (χ0v) is 8.80. The molecule has 0 aliphatic carbocycles. The van der Waals surface area contributed by atoms with Crippen molar-refractivity contribution >= 4 is 18.2 Å². The molecule has 0 radical (unpaired) electrons. The third kappa shape index (κ3) is 2.82. The molecule has 1 saturated heterocycles. The maximum Gasteiger partial charge on any atom is 0.148 e. The second-order valence-corrected chi connectivity index (χ2v) is 3.48. The van der Waals surface area contributed by atoms with Gasteiger partial charge in [-0.05, 0) is 5.56 Å². The monoisotopic (exact) mass is 211 g/mol. The van der Waals surface area contributed by atoms with E-state index < -0.39 is 0 Å². The van der Waals surface area contributed by atoms with Crippen molar-refractivity contribution in [2.75, 3.05) is 13.1 Å². The van der Waals surface area contributed by atoms with Crippen LogP contribution in [-0.2, 0) is 11.3 Å². The van der Waals surface area contributed by atoms with Crippen molar-refractivity contribution in [2.24, 2.45) is 0 Å². The highest BCUT2D eigenvalue weighted by Gasteiger charge is 2.18. The van der Waals surface area contributed by atoms with Gasteiger partial charge in [0, 0.05) is 19.5 Å². The van der Waals surface area contributed by atoms with Gasteiger partial charge in [0.05, 0.1) is 6.54 Å². The van der Waals surface area contributed by atoms with E-state index in [4.69, 9.17) is 0 Å². The molecule has 0 N–H and O–H groups in total. The number of rotatable bonds is 2. The van der Waals surface area contributed by atoms with Crippen LogP contribution >= 0.6 is 12.4 Å². The Morgan fingerprint density at radius 3 is 2.50 bits per heavy atom. The molecule has 0 unspecified atom stereocenters. The van der Waals surface area contributed by atoms with E-state index in [1.165, 1.54) is 5.56 Å². The molecule has 2 rings (SSSR count). The Bertz CT molecular complexity index is 299. The van der Waals surface area contributed by atoms with E-state index in [0.29, 0.717) is 12.3 Å². The molecule has 0 bridgehead atoms. The molecule has 1 heterocycles. The number of nitrogens with zero attached hydrogens (tertiary/aromatic N) is 1. The molecule has 2 nitrogen and oxygen atoms in total. The van der Waals surface area contributed by atoms with Gasteiger partial charge in [0.1, 0.15) is 5.78 Å². The summed E-state index contributed by atoms with van der Waals surface area (Å²) in [5, 5.41) is 0. The molecule has 1 aliphatic heterocycles. The summed E-state index contributed by atoms with van der Waals surface area (Å²) < 4.78 is 0. The number of Topliss-reactive ketones (excluding diaryl/α,β-unsaturated/α-hetero) is 1. The van der Waals surface area contributed by atoms with Gasteiger partial charge in [0.25, 0.3) is 0 Å². The molecule has 14 heavy (non-hydrogen) atoms. The van der Waals surface area contributed by atoms with Crippen LogP contribution in [0.4, 0.5) is 0 Å². The minimum Gasteiger partial charge on any atom is -0.298 e. The smallest absolute Gasteiger partial charge is 0.148 e. The highest BCUT2D eigenvalue weighted by atomic mass is 35.5. The molecule has 0 amide bonds. The minimum absolute atomic E-state index is 0. The standard InChI is InChI=1S/C11H13NO.ClH/c13-11-6-7-12(9-11)8-10-4-2-1-3-5-10;/h1-5H,6-9H2;1H. The predicted molar refractivity (Wildman–Crippen MR) is 58.6 cm³/mol. The molecular weight excluding hydrogens is 198 g/mol. The van der Waals surface area contributed by atoms with Gasteiger partial charge in [-0.15, -0.1) is 12.4 Å². The first-order valence-corrected chi connectivity index (χ1v) is 4.62. The van der Waals surface area contributed by atoms with E-state index in [0.717, 1.165) is 19.5 Å². The molecule has 1 fully saturated rings. The number of likely N-dealkylation sites (tertiary alicyclic amines) is 1. The maximum atomic E-state index is 11.0. The fourth-order valence-electron chi connectivity index (χ4n) is 1.67. The summed E-state index contributed by atoms with van der Waals surface area (Å²) in [5.41, 5.74) is 1.29. The minimum atomic E-state index is 0. The first kappa shape index (κ1) is 11.2. The van der Waals surface area contributed by atoms with Crippen LogP contribution in [0.1, 0.15) is 12.0 Å². The molecule has 1 aliphatic rings. The number of carbonyl (C=O) groups is 1. The number of hydrogen-bond acceptors (Lipinski definition) is 2. The summed E-state index contributed by atoms with van der Waals surface area (Å²) in [6, 6.07) is 10.3. The maximum absolute atomic E-state index is 11.0. The molecule has 76 valence electrons. The number of hydrogen-bond donors (Lipinski definition) is 0. The van der Waals surface area contributed by atoms with E-state index in [1.807, 2.05) is 18.2 Å². The SMILES string of the molecule is Cl.O=C1CCN(Cc2ccccc2)C1. The molecule has 0 aromatic heterocycles. The second-order valence-electron chi connectivity index (χ2n) is 3.48. The summed E-state index contributed by atoms with van der Waals surface area (Å²) in [7, 11) is 0. The van der Waals surface area contributed by atoms with Gasteiger partial charge in [-0.1, -0.05) is 30.3 Å². The fraction of sp³-hybridized carbons (Fsp3) is 0.364. The topological polar surface area (TPSA) is 20.3 Å². The number of benzene rings is 1. The summed E-state index contributed by atoms with van der Waals surface area (Å²) in [6.07, 6.45) is 0.729. The third-order valence-corrected chi connectivity index (χ3v) is 2.36. The van der Waals surface area contributed by atoms with Crippen molar-refractivity contribution in [1.82, 2.24) is 4.90 Å². The van der Waals surface area contributed by atoms with Crippen LogP contribution in [-0.4, -0.2) is 23.8 Å². The summed E-state index contributed by atoms with van der Waals surface area (Å²) >= 11 is 0. The largest absolute Gasteiger partial charge is 0.298 e. The normalized spacial score (nSPS) is 16.7. The van der Waals surface area contributed by atoms with Crippen molar-refractivity contribution < 1.29 is 4.79 Å². The van der Waals surface area contributed by atoms with Gasteiger partial charge in [0.2, 0.25) is 0 Å². The van der Waals surface area contributed by atoms with Crippen LogP contribution in [0, 0.1) is 0 Å². The fourth-order valence-corrected chi connectivity index (χ4v) is 1.67. The third-order valence-electron chi connectivity index (χ3n) is 2.36. The lowest BCUT2D eigenvalue weighted by atomic mass is 10.2. The van der Waals surface area contributed by atoms with E-state index in [2.05, 4.69) is 17.0 Å². The van der Waals surface area contributed by atoms with E-state index in [1.54, 1.807) is 0 Å². The average Bonchev–Trinajstić information content (AvgIpc) is 2.53. The van der Waals surface area contributed by atoms with Gasteiger partial charge in [-0.3, -0.25) is 9.69 Å². The first-order chi connectivity index (χ1) is 6.34. The highest BCUT2D eigenvalue weighted by Crippen LogP contribution is 2.09. The number of halogens is 1. The Kier molecular flexibility index (Phi) is 4.11. The zero-order valence-electron chi connectivity index (χ0n) is 7.98. The molecule has 0 atom stereocenters. The summed E-state index contributed by atoms with van der Waals surface area (Å²) in [6.45, 7) is 2.47. The zero-order chi connectivity index (χ0) is 9.10. The number of ketones is 1. The summed E-state index contributed by atoms with van der Waals surface area (Å²) in [4.78, 5) is 13.2. The lowest BCUT2D eigenvalue weighted by molar-refractivity contribution is -0.116. The van der Waals surface area contributed by atoms with E-state index in [-0.39, 0.29) is 12.4 Å². The molecule has 1 aromatic rings. The van der Waals surface area contributed by atoms with Gasteiger partial charge in [-0.2, -0.15) is 0 Å². The molecule has 3 heteroatoms. The van der Waals surface area contributed by atoms with Crippen LogP contribution in [0.2, 0.25) is 0 Å². The lowest BCUT2D eigenvalue weighted by Gasteiger charge is -2.12. The van der Waals surface area contributed by atoms with Crippen LogP contribution < -0.4 is 0 Å². The Morgan fingerprint density at radius 2 is 1.93 bits per heavy atom. The second kappa shape index (κ2) is 5.13. The van der Waals surface area contributed by atoms with E-state index in [9.17, 15) is 4.79 Å². The van der Waals surface area contributed by atoms with Crippen LogP contribution in [0.5, 0.6) is 0 Å². The van der Waals surface area contributed by atoms with Crippen molar-refractivity contribution in [3.8, 4) is 0 Å². The Morgan fingerprint density at radius 1 is 1.21 bits per heavy atom. The van der Waals surface area contributed by atoms with Crippen molar-refractivity contribution in [1.29, 1.82) is 0 Å². The van der Waals surface area contributed by atoms with Crippen LogP contribution in [0.25, 0.3) is 0 Å².